The van der Waals surface area contributed by atoms with E-state index >= 15 is 0 Å². The maximum absolute atomic E-state index is 5.80. The zero-order chi connectivity index (χ0) is 45.6. The second kappa shape index (κ2) is 54.2. The molecule has 1 aromatic rings. The molecule has 378 valence electrons. The molecule has 0 bridgehead atoms. The molecule has 0 aliphatic heterocycles. The Morgan fingerprint density at radius 2 is 0.469 bits per heavy atom. The third-order valence-electron chi connectivity index (χ3n) is 11.0. The zero-order valence-corrected chi connectivity index (χ0v) is 41.6. The molecule has 0 heterocycles. The van der Waals surface area contributed by atoms with Gasteiger partial charge in [-0.1, -0.05) is 161 Å². The fourth-order valence-electron chi connectivity index (χ4n) is 7.09. The number of hydrogen-bond acceptors (Lipinski definition) is 11. The van der Waals surface area contributed by atoms with Crippen molar-refractivity contribution < 1.29 is 52.1 Å². The molecule has 0 radical (unpaired) electrons. The lowest BCUT2D eigenvalue weighted by Gasteiger charge is -2.09. The average molecular weight is 913 g/mol. The van der Waals surface area contributed by atoms with E-state index in [0.29, 0.717) is 132 Å². The average Bonchev–Trinajstić information content (AvgIpc) is 3.31. The van der Waals surface area contributed by atoms with Crippen LogP contribution in [0.1, 0.15) is 167 Å². The molecule has 11 nitrogen and oxygen atoms in total. The highest BCUT2D eigenvalue weighted by Gasteiger charge is 2.00. The van der Waals surface area contributed by atoms with E-state index in [0.717, 1.165) is 25.2 Å². The van der Waals surface area contributed by atoms with Crippen molar-refractivity contribution in [3.05, 3.63) is 29.8 Å². The van der Waals surface area contributed by atoms with E-state index in [1.165, 1.54) is 147 Å². The van der Waals surface area contributed by atoms with Crippen molar-refractivity contribution >= 4 is 0 Å². The summed E-state index contributed by atoms with van der Waals surface area (Å²) in [5.41, 5.74) is 1.38. The number of unbranched alkanes of at least 4 members (excludes halogenated alkanes) is 21. The van der Waals surface area contributed by atoms with Crippen LogP contribution >= 0.6 is 0 Å². The summed E-state index contributed by atoms with van der Waals surface area (Å²) < 4.78 is 61.6. The first kappa shape index (κ1) is 60.6. The zero-order valence-electron chi connectivity index (χ0n) is 41.6. The fraction of sp³-hybridized carbons (Fsp3) is 0.887. The molecule has 0 N–H and O–H groups in total. The molecule has 64 heavy (non-hydrogen) atoms. The Hall–Kier alpha value is -1.38. The molecular weight excluding hydrogens is 813 g/mol. The molecule has 1 aromatic carbocycles. The number of benzene rings is 1. The molecule has 1 rings (SSSR count). The van der Waals surface area contributed by atoms with Crippen molar-refractivity contribution in [1.29, 1.82) is 0 Å². The van der Waals surface area contributed by atoms with Crippen LogP contribution in [-0.4, -0.2) is 139 Å². The summed E-state index contributed by atoms with van der Waals surface area (Å²) >= 11 is 0. The quantitative estimate of drug-likeness (QED) is 0.0584. The molecule has 0 saturated carbocycles. The summed E-state index contributed by atoms with van der Waals surface area (Å²) in [7, 11) is 0. The van der Waals surface area contributed by atoms with Gasteiger partial charge in [-0.3, -0.25) is 0 Å². The molecule has 0 aliphatic rings. The van der Waals surface area contributed by atoms with Crippen molar-refractivity contribution in [1.82, 2.24) is 0 Å². The topological polar surface area (TPSA) is 102 Å². The summed E-state index contributed by atoms with van der Waals surface area (Å²) in [6.45, 7) is 16.2. The van der Waals surface area contributed by atoms with Gasteiger partial charge in [0.15, 0.2) is 0 Å². The van der Waals surface area contributed by atoms with Crippen molar-refractivity contribution in [3.8, 4) is 5.75 Å². The standard InChI is InChI=1S/C53H100O11/c1-3-5-7-9-11-12-13-14-15-16-17-18-19-21-23-25-31-54-32-33-55-34-35-56-36-37-57-38-39-58-40-41-59-42-43-60-44-45-61-46-47-62-48-49-63-50-51-64-53-29-27-52(28-30-53)26-24-22-20-10-8-6-4-2/h27-30H,3-26,31-51H2,1-2H3. The number of rotatable bonds is 56. The molecule has 0 spiro atoms. The van der Waals surface area contributed by atoms with Crippen LogP contribution in [0.15, 0.2) is 24.3 Å². The molecule has 0 unspecified atom stereocenters. The highest BCUT2D eigenvalue weighted by Crippen LogP contribution is 2.16. The molecule has 0 atom stereocenters. The predicted octanol–water partition coefficient (Wildman–Crippen LogP) is 11.8. The fourth-order valence-corrected chi connectivity index (χ4v) is 7.09. The largest absolute Gasteiger partial charge is 0.491 e. The van der Waals surface area contributed by atoms with Crippen LogP contribution in [0, 0.1) is 0 Å². The Kier molecular flexibility index (Phi) is 51.4. The third kappa shape index (κ3) is 48.6. The highest BCUT2D eigenvalue weighted by molar-refractivity contribution is 5.27. The summed E-state index contributed by atoms with van der Waals surface area (Å²) in [5.74, 6) is 0.891. The van der Waals surface area contributed by atoms with Crippen LogP contribution in [0.3, 0.4) is 0 Å². The van der Waals surface area contributed by atoms with Gasteiger partial charge in [0.05, 0.1) is 126 Å². The van der Waals surface area contributed by atoms with Gasteiger partial charge in [0.25, 0.3) is 0 Å². The number of hydrogen-bond donors (Lipinski definition) is 0. The van der Waals surface area contributed by atoms with Crippen LogP contribution < -0.4 is 4.74 Å². The molecule has 0 fully saturated rings. The second-order valence-corrected chi connectivity index (χ2v) is 16.8. The number of aryl methyl sites for hydroxylation is 1. The van der Waals surface area contributed by atoms with Gasteiger partial charge in [-0.15, -0.1) is 0 Å². The number of ether oxygens (including phenoxy) is 11. The van der Waals surface area contributed by atoms with E-state index in [2.05, 4.69) is 38.1 Å². The minimum absolute atomic E-state index is 0.521. The van der Waals surface area contributed by atoms with Gasteiger partial charge in [0.2, 0.25) is 0 Å². The first-order chi connectivity index (χ1) is 31.9. The Labute approximate surface area is 393 Å². The van der Waals surface area contributed by atoms with Crippen molar-refractivity contribution in [3.63, 3.8) is 0 Å². The first-order valence-corrected chi connectivity index (χ1v) is 26.4. The monoisotopic (exact) mass is 913 g/mol. The Bertz CT molecular complexity index is 986. The smallest absolute Gasteiger partial charge is 0.119 e. The lowest BCUT2D eigenvalue weighted by atomic mass is 10.0. The van der Waals surface area contributed by atoms with Gasteiger partial charge in [-0.05, 0) is 37.0 Å². The summed E-state index contributed by atoms with van der Waals surface area (Å²) in [4.78, 5) is 0. The van der Waals surface area contributed by atoms with Gasteiger partial charge >= 0.3 is 0 Å². The maximum Gasteiger partial charge on any atom is 0.119 e. The van der Waals surface area contributed by atoms with Gasteiger partial charge in [-0.25, -0.2) is 0 Å². The van der Waals surface area contributed by atoms with E-state index in [1.807, 2.05) is 0 Å². The van der Waals surface area contributed by atoms with Crippen LogP contribution in [0.2, 0.25) is 0 Å². The third-order valence-corrected chi connectivity index (χ3v) is 11.0. The van der Waals surface area contributed by atoms with Crippen LogP contribution in [0.4, 0.5) is 0 Å². The van der Waals surface area contributed by atoms with Gasteiger partial charge < -0.3 is 52.1 Å². The SMILES string of the molecule is CCCCCCCCCCCCCCCCCCOCCOCCOCCOCCOCCOCCOCCOCCOCCOCCOc1ccc(CCCCCCCCC)cc1. The first-order valence-electron chi connectivity index (χ1n) is 26.4. The summed E-state index contributed by atoms with van der Waals surface area (Å²) in [5, 5.41) is 0. The van der Waals surface area contributed by atoms with E-state index in [1.54, 1.807) is 0 Å². The summed E-state index contributed by atoms with van der Waals surface area (Å²) in [6, 6.07) is 8.48. The van der Waals surface area contributed by atoms with E-state index in [-0.39, 0.29) is 0 Å². The summed E-state index contributed by atoms with van der Waals surface area (Å²) in [6.07, 6.45) is 32.7. The van der Waals surface area contributed by atoms with Gasteiger partial charge in [0, 0.05) is 6.61 Å². The Morgan fingerprint density at radius 1 is 0.234 bits per heavy atom. The van der Waals surface area contributed by atoms with Crippen molar-refractivity contribution in [2.24, 2.45) is 0 Å². The van der Waals surface area contributed by atoms with Gasteiger partial charge in [-0.2, -0.15) is 0 Å². The Morgan fingerprint density at radius 3 is 0.766 bits per heavy atom. The molecule has 0 aromatic heterocycles. The van der Waals surface area contributed by atoms with E-state index in [4.69, 9.17) is 52.1 Å². The molecule has 0 saturated heterocycles. The normalized spacial score (nSPS) is 11.6. The molecular formula is C53H100O11. The lowest BCUT2D eigenvalue weighted by Crippen LogP contribution is -2.15. The predicted molar refractivity (Wildman–Crippen MR) is 261 cm³/mol. The molecule has 11 heteroatoms. The van der Waals surface area contributed by atoms with E-state index in [9.17, 15) is 0 Å². The molecule has 0 aliphatic carbocycles. The van der Waals surface area contributed by atoms with Gasteiger partial charge in [0.1, 0.15) is 12.4 Å². The molecule has 0 amide bonds. The minimum Gasteiger partial charge on any atom is -0.491 e. The van der Waals surface area contributed by atoms with Crippen LogP contribution in [0.5, 0.6) is 5.75 Å². The highest BCUT2D eigenvalue weighted by atomic mass is 16.6. The maximum atomic E-state index is 5.80. The van der Waals surface area contributed by atoms with Crippen molar-refractivity contribution in [2.75, 3.05) is 139 Å². The second-order valence-electron chi connectivity index (χ2n) is 16.8. The van der Waals surface area contributed by atoms with Crippen LogP contribution in [0.25, 0.3) is 0 Å². The van der Waals surface area contributed by atoms with E-state index < -0.39 is 0 Å². The van der Waals surface area contributed by atoms with Crippen LogP contribution in [-0.2, 0) is 53.8 Å². The minimum atomic E-state index is 0.521. The van der Waals surface area contributed by atoms with Crippen molar-refractivity contribution in [2.45, 2.75) is 168 Å². The Balaban J connectivity index is 1.64. The lowest BCUT2D eigenvalue weighted by molar-refractivity contribution is -0.0267.